The Morgan fingerprint density at radius 3 is 2.45 bits per heavy atom. The Hall–Kier alpha value is -3.11. The van der Waals surface area contributed by atoms with Crippen molar-refractivity contribution in [3.05, 3.63) is 71.4 Å². The Bertz CT molecular complexity index is 1160. The van der Waals surface area contributed by atoms with E-state index in [1.807, 2.05) is 0 Å². The summed E-state index contributed by atoms with van der Waals surface area (Å²) >= 11 is 0. The van der Waals surface area contributed by atoms with Crippen molar-refractivity contribution in [2.45, 2.75) is 6.54 Å². The molecule has 0 saturated heterocycles. The molecule has 0 aliphatic heterocycles. The van der Waals surface area contributed by atoms with Crippen LogP contribution in [0.4, 0.5) is 14.5 Å². The number of nitrogens with one attached hydrogen (secondary N) is 2. The van der Waals surface area contributed by atoms with Crippen LogP contribution in [0.25, 0.3) is 11.3 Å². The first kappa shape index (κ1) is 20.6. The average molecular weight is 420 g/mol. The molecule has 7 nitrogen and oxygen atoms in total. The fraction of sp³-hybridized carbons (Fsp3) is 0.158. The topological polar surface area (TPSA) is 93.1 Å². The molecule has 2 N–H and O–H groups in total. The molecule has 1 amide bonds. The zero-order valence-corrected chi connectivity index (χ0v) is 16.4. The minimum atomic E-state index is -3.31. The monoisotopic (exact) mass is 420 g/mol. The van der Waals surface area contributed by atoms with Gasteiger partial charge in [-0.3, -0.25) is 9.48 Å². The lowest BCUT2D eigenvalue weighted by atomic mass is 10.1. The highest BCUT2D eigenvalue weighted by atomic mass is 32.2. The van der Waals surface area contributed by atoms with Crippen molar-refractivity contribution in [2.24, 2.45) is 7.05 Å². The van der Waals surface area contributed by atoms with Crippen molar-refractivity contribution in [1.82, 2.24) is 14.5 Å². The van der Waals surface area contributed by atoms with E-state index in [1.165, 1.54) is 16.9 Å². The second kappa shape index (κ2) is 8.10. The minimum absolute atomic E-state index is 0.0133. The molecule has 0 bridgehead atoms. The molecular weight excluding hydrogens is 402 g/mol. The summed E-state index contributed by atoms with van der Waals surface area (Å²) in [6.07, 6.45) is 2.51. The van der Waals surface area contributed by atoms with Crippen LogP contribution in [0, 0.1) is 11.6 Å². The molecule has 3 rings (SSSR count). The number of aromatic nitrogens is 2. The quantitative estimate of drug-likeness (QED) is 0.641. The number of sulfonamides is 1. The van der Waals surface area contributed by atoms with E-state index in [0.717, 1.165) is 18.4 Å². The normalized spacial score (nSPS) is 11.4. The summed E-state index contributed by atoms with van der Waals surface area (Å²) in [4.78, 5) is 12.7. The number of nitrogens with zero attached hydrogens (tertiary/aromatic N) is 2. The van der Waals surface area contributed by atoms with Crippen LogP contribution in [0.1, 0.15) is 15.9 Å². The van der Waals surface area contributed by atoms with Crippen LogP contribution in [0.5, 0.6) is 0 Å². The van der Waals surface area contributed by atoms with Crippen LogP contribution in [0.2, 0.25) is 0 Å². The third-order valence-electron chi connectivity index (χ3n) is 4.01. The number of halogens is 2. The second-order valence-electron chi connectivity index (χ2n) is 6.43. The third-order valence-corrected chi connectivity index (χ3v) is 4.68. The van der Waals surface area contributed by atoms with Crippen LogP contribution in [-0.2, 0) is 23.6 Å². The molecule has 0 fully saturated rings. The SMILES string of the molecule is Cn1cc(C(=O)Nc2ccc(CNS(C)(=O)=O)cc2)c(-c2ccc(F)cc2F)n1. The number of carbonyl (C=O) groups excluding carboxylic acids is 1. The molecule has 1 aromatic heterocycles. The molecule has 0 unspecified atom stereocenters. The highest BCUT2D eigenvalue weighted by Gasteiger charge is 2.20. The van der Waals surface area contributed by atoms with Gasteiger partial charge >= 0.3 is 0 Å². The number of hydrogen-bond acceptors (Lipinski definition) is 4. The highest BCUT2D eigenvalue weighted by molar-refractivity contribution is 7.88. The van der Waals surface area contributed by atoms with Gasteiger partial charge in [0.1, 0.15) is 17.3 Å². The molecule has 1 heterocycles. The number of benzene rings is 2. The van der Waals surface area contributed by atoms with E-state index in [0.29, 0.717) is 11.3 Å². The van der Waals surface area contributed by atoms with E-state index in [4.69, 9.17) is 0 Å². The number of hydrogen-bond donors (Lipinski definition) is 2. The first-order valence-corrected chi connectivity index (χ1v) is 10.4. The van der Waals surface area contributed by atoms with Gasteiger partial charge in [0.05, 0.1) is 11.8 Å². The van der Waals surface area contributed by atoms with Gasteiger partial charge < -0.3 is 5.32 Å². The molecular formula is C19H18F2N4O3S. The summed E-state index contributed by atoms with van der Waals surface area (Å²) in [5, 5.41) is 6.81. The molecule has 0 spiro atoms. The molecule has 0 atom stereocenters. The lowest BCUT2D eigenvalue weighted by molar-refractivity contribution is 0.102. The summed E-state index contributed by atoms with van der Waals surface area (Å²) in [6.45, 7) is 0.129. The lowest BCUT2D eigenvalue weighted by Gasteiger charge is -2.08. The van der Waals surface area contributed by atoms with Gasteiger partial charge in [-0.1, -0.05) is 12.1 Å². The maximum atomic E-state index is 14.1. The fourth-order valence-electron chi connectivity index (χ4n) is 2.65. The molecule has 0 aliphatic carbocycles. The number of anilines is 1. The number of carbonyl (C=O) groups is 1. The van der Waals surface area contributed by atoms with E-state index in [9.17, 15) is 22.0 Å². The van der Waals surface area contributed by atoms with Crippen molar-refractivity contribution >= 4 is 21.6 Å². The summed E-state index contributed by atoms with van der Waals surface area (Å²) in [5.74, 6) is -2.06. The molecule has 0 aliphatic rings. The summed E-state index contributed by atoms with van der Waals surface area (Å²) in [5.41, 5.74) is 1.41. The van der Waals surface area contributed by atoms with Gasteiger partial charge in [-0.15, -0.1) is 0 Å². The zero-order chi connectivity index (χ0) is 21.2. The van der Waals surface area contributed by atoms with Gasteiger partial charge in [0.15, 0.2) is 0 Å². The van der Waals surface area contributed by atoms with Gasteiger partial charge in [0.25, 0.3) is 5.91 Å². The molecule has 0 radical (unpaired) electrons. The van der Waals surface area contributed by atoms with Crippen LogP contribution in [0.3, 0.4) is 0 Å². The second-order valence-corrected chi connectivity index (χ2v) is 8.27. The first-order valence-electron chi connectivity index (χ1n) is 8.46. The van der Waals surface area contributed by atoms with Gasteiger partial charge in [0.2, 0.25) is 10.0 Å². The number of rotatable bonds is 6. The maximum absolute atomic E-state index is 14.1. The van der Waals surface area contributed by atoms with Crippen molar-refractivity contribution < 1.29 is 22.0 Å². The molecule has 2 aromatic carbocycles. The average Bonchev–Trinajstić information content (AvgIpc) is 3.02. The molecule has 29 heavy (non-hydrogen) atoms. The molecule has 3 aromatic rings. The van der Waals surface area contributed by atoms with E-state index < -0.39 is 27.6 Å². The van der Waals surface area contributed by atoms with Crippen LogP contribution in [-0.4, -0.2) is 30.4 Å². The molecule has 10 heteroatoms. The largest absolute Gasteiger partial charge is 0.322 e. The van der Waals surface area contributed by atoms with E-state index in [2.05, 4.69) is 15.1 Å². The number of amides is 1. The van der Waals surface area contributed by atoms with Crippen molar-refractivity contribution in [1.29, 1.82) is 0 Å². The third kappa shape index (κ3) is 5.24. The Kier molecular flexibility index (Phi) is 5.76. The zero-order valence-electron chi connectivity index (χ0n) is 15.6. The number of aryl methyl sites for hydroxylation is 1. The van der Waals surface area contributed by atoms with Crippen molar-refractivity contribution in [3.63, 3.8) is 0 Å². The first-order chi connectivity index (χ1) is 13.6. The molecule has 0 saturated carbocycles. The Morgan fingerprint density at radius 2 is 1.83 bits per heavy atom. The minimum Gasteiger partial charge on any atom is -0.322 e. The van der Waals surface area contributed by atoms with Gasteiger partial charge in [0, 0.05) is 37.1 Å². The van der Waals surface area contributed by atoms with E-state index in [1.54, 1.807) is 31.3 Å². The Balaban J connectivity index is 1.79. The standard InChI is InChI=1S/C19H18F2N4O3S/c1-25-11-16(18(24-25)15-8-5-13(20)9-17(15)21)19(26)23-14-6-3-12(4-7-14)10-22-29(2,27)28/h3-9,11,22H,10H2,1-2H3,(H,23,26). The smallest absolute Gasteiger partial charge is 0.259 e. The highest BCUT2D eigenvalue weighted by Crippen LogP contribution is 2.26. The lowest BCUT2D eigenvalue weighted by Crippen LogP contribution is -2.21. The van der Waals surface area contributed by atoms with Crippen LogP contribution < -0.4 is 10.0 Å². The van der Waals surface area contributed by atoms with E-state index in [-0.39, 0.29) is 23.4 Å². The van der Waals surface area contributed by atoms with Crippen LogP contribution >= 0.6 is 0 Å². The fourth-order valence-corrected chi connectivity index (χ4v) is 3.08. The summed E-state index contributed by atoms with van der Waals surface area (Å²) in [6, 6.07) is 9.62. The van der Waals surface area contributed by atoms with Crippen molar-refractivity contribution in [2.75, 3.05) is 11.6 Å². The van der Waals surface area contributed by atoms with Gasteiger partial charge in [-0.25, -0.2) is 21.9 Å². The van der Waals surface area contributed by atoms with Gasteiger partial charge in [-0.2, -0.15) is 5.10 Å². The van der Waals surface area contributed by atoms with E-state index >= 15 is 0 Å². The van der Waals surface area contributed by atoms with Gasteiger partial charge in [-0.05, 0) is 29.8 Å². The molecule has 152 valence electrons. The maximum Gasteiger partial charge on any atom is 0.259 e. The predicted molar refractivity (Wildman–Crippen MR) is 105 cm³/mol. The van der Waals surface area contributed by atoms with Crippen molar-refractivity contribution in [3.8, 4) is 11.3 Å². The Labute approximate surface area is 166 Å². The summed E-state index contributed by atoms with van der Waals surface area (Å²) in [7, 11) is -1.72. The Morgan fingerprint density at radius 1 is 1.14 bits per heavy atom. The predicted octanol–water partition coefficient (Wildman–Crippen LogP) is 2.67. The van der Waals surface area contributed by atoms with Crippen LogP contribution in [0.15, 0.2) is 48.7 Å². The summed E-state index contributed by atoms with van der Waals surface area (Å²) < 4.78 is 53.4.